The molecule has 106 heavy (non-hydrogen) atoms. The predicted molar refractivity (Wildman–Crippen MR) is 394 cm³/mol. The number of rotatable bonds is 36. The first-order chi connectivity index (χ1) is 50.1. The minimum atomic E-state index is -0.780. The molecule has 6 aromatic rings. The first-order valence-electron chi connectivity index (χ1n) is 34.7. The first kappa shape index (κ1) is 83.4. The van der Waals surface area contributed by atoms with Gasteiger partial charge in [0.2, 0.25) is 17.7 Å². The molecule has 0 atom stereocenters. The second-order valence-electron chi connectivity index (χ2n) is 27.5. The summed E-state index contributed by atoms with van der Waals surface area (Å²) in [6.45, 7) is 18.2. The first-order valence-corrected chi connectivity index (χ1v) is 34.7. The topological polar surface area (TPSA) is 387 Å². The lowest BCUT2D eigenvalue weighted by Crippen LogP contribution is -2.43. The monoisotopic (exact) mass is 1470 g/mol. The average molecular weight is 1470 g/mol. The second kappa shape index (κ2) is 40.0. The molecule has 0 aliphatic carbocycles. The number of hydrogen-bond donors (Lipinski definition) is 9. The van der Waals surface area contributed by atoms with Crippen molar-refractivity contribution in [1.29, 1.82) is 0 Å². The van der Waals surface area contributed by atoms with Crippen LogP contribution < -0.4 is 78.7 Å². The molecule has 6 rings (SSSR count). The molecule has 9 amide bonds. The van der Waals surface area contributed by atoms with Crippen molar-refractivity contribution in [2.24, 2.45) is 0 Å². The van der Waals surface area contributed by atoms with E-state index in [1.54, 1.807) is 179 Å². The molecule has 0 bridgehead atoms. The van der Waals surface area contributed by atoms with E-state index in [-0.39, 0.29) is 149 Å². The van der Waals surface area contributed by atoms with Gasteiger partial charge in [-0.15, -0.1) is 0 Å². The lowest BCUT2D eigenvalue weighted by Gasteiger charge is -2.24. The van der Waals surface area contributed by atoms with Crippen LogP contribution in [0.1, 0.15) is 127 Å². The summed E-state index contributed by atoms with van der Waals surface area (Å²) in [5, 5.41) is 24.2. The maximum absolute atomic E-state index is 14.4. The summed E-state index contributed by atoms with van der Waals surface area (Å²) >= 11 is 0. The van der Waals surface area contributed by atoms with Crippen LogP contribution in [0.5, 0.6) is 17.2 Å². The average Bonchev–Trinajstić information content (AvgIpc) is 0.805. The minimum Gasteiger partial charge on any atom is -0.482 e. The van der Waals surface area contributed by atoms with Crippen LogP contribution in [-0.4, -0.2) is 168 Å². The smallest absolute Gasteiger partial charge is 0.407 e. The van der Waals surface area contributed by atoms with Crippen LogP contribution in [0.2, 0.25) is 0 Å². The maximum Gasteiger partial charge on any atom is 0.407 e. The van der Waals surface area contributed by atoms with E-state index in [0.717, 1.165) is 13.7 Å². The molecule has 0 aliphatic rings. The zero-order valence-corrected chi connectivity index (χ0v) is 62.3. The molecular weight excluding hydrogens is 1370 g/mol. The number of aromatic nitrogens is 3. The van der Waals surface area contributed by atoms with Crippen LogP contribution in [0.15, 0.2) is 124 Å². The molecule has 0 saturated carbocycles. The Morgan fingerprint density at radius 2 is 0.575 bits per heavy atom. The minimum absolute atomic E-state index is 0.00842. The van der Waals surface area contributed by atoms with E-state index in [0.29, 0.717) is 16.7 Å². The van der Waals surface area contributed by atoms with Crippen molar-refractivity contribution in [3.63, 3.8) is 0 Å². The third kappa shape index (κ3) is 28.3. The zero-order chi connectivity index (χ0) is 77.7. The molecule has 9 N–H and O–H groups in total. The summed E-state index contributed by atoms with van der Waals surface area (Å²) in [7, 11) is 0. The van der Waals surface area contributed by atoms with Gasteiger partial charge >= 0.3 is 18.3 Å². The fraction of sp³-hybridized carbons (Fsp3) is 0.440. The molecule has 572 valence electrons. The number of nitrogens with zero attached hydrogens (tertiary/aromatic N) is 4. The van der Waals surface area contributed by atoms with Gasteiger partial charge in [0.1, 0.15) is 56.3 Å². The van der Waals surface area contributed by atoms with E-state index < -0.39 is 107 Å². The van der Waals surface area contributed by atoms with Crippen LogP contribution in [-0.2, 0) is 68.0 Å². The number of aryl methyl sites for hydroxylation is 3. The molecular formula is C75H99N13O18. The van der Waals surface area contributed by atoms with Crippen LogP contribution in [0.25, 0.3) is 0 Å². The molecule has 0 unspecified atom stereocenters. The number of hydrogen-bond acceptors (Lipinski definition) is 19. The maximum atomic E-state index is 14.4. The highest BCUT2D eigenvalue weighted by atomic mass is 16.6. The Labute approximate surface area is 615 Å². The van der Waals surface area contributed by atoms with Gasteiger partial charge in [-0.1, -0.05) is 91.0 Å². The largest absolute Gasteiger partial charge is 0.482 e. The SMILES string of the molecule is Cc1cc(C(=O)NCCN(CCNC(=O)c2cc(C)n(CC(=O)NCCNC(=O)OC(C)(C)C)c(=O)c2OCc2ccccc2)CCNC(=O)c2cc(C)n(CC(=O)NCCNC(=O)OC(C)(C)C)c(=O)c2OCc2ccccc2)c(OCc2ccccc2)c(=O)n1CC(=O)NCCNC(=O)OC(C)(C)C. The second-order valence-corrected chi connectivity index (χ2v) is 27.5. The van der Waals surface area contributed by atoms with E-state index in [1.165, 1.54) is 18.2 Å². The van der Waals surface area contributed by atoms with Gasteiger partial charge < -0.3 is 90.0 Å². The highest BCUT2D eigenvalue weighted by Gasteiger charge is 2.27. The summed E-state index contributed by atoms with van der Waals surface area (Å²) in [5.41, 5.74) is -2.27. The van der Waals surface area contributed by atoms with Crippen LogP contribution in [0, 0.1) is 20.8 Å². The van der Waals surface area contributed by atoms with Crippen molar-refractivity contribution < 1.29 is 71.6 Å². The summed E-state index contributed by atoms with van der Waals surface area (Å²) in [5.74, 6) is -4.94. The molecule has 0 fully saturated rings. The van der Waals surface area contributed by atoms with E-state index in [9.17, 15) is 57.5 Å². The summed E-state index contributed by atoms with van der Waals surface area (Å²) in [6, 6.07) is 30.9. The van der Waals surface area contributed by atoms with Gasteiger partial charge in [0.15, 0.2) is 17.2 Å². The van der Waals surface area contributed by atoms with E-state index >= 15 is 0 Å². The normalized spacial score (nSPS) is 11.3. The van der Waals surface area contributed by atoms with Gasteiger partial charge in [0.05, 0.1) is 16.7 Å². The summed E-state index contributed by atoms with van der Waals surface area (Å²) < 4.78 is 37.5. The molecule has 3 heterocycles. The third-order valence-corrected chi connectivity index (χ3v) is 15.2. The quantitative estimate of drug-likeness (QED) is 0.0191. The number of amides is 9. The van der Waals surface area contributed by atoms with Gasteiger partial charge in [0.25, 0.3) is 34.4 Å². The lowest BCUT2D eigenvalue weighted by molar-refractivity contribution is -0.122. The number of carbonyl (C=O) groups excluding carboxylic acids is 9. The molecule has 31 heteroatoms. The number of nitrogens with one attached hydrogen (secondary N) is 9. The van der Waals surface area contributed by atoms with Crippen LogP contribution in [0.3, 0.4) is 0 Å². The Hall–Kier alpha value is -11.5. The Morgan fingerprint density at radius 1 is 0.340 bits per heavy atom. The number of ether oxygens (including phenoxy) is 6. The van der Waals surface area contributed by atoms with Crippen LogP contribution >= 0.6 is 0 Å². The van der Waals surface area contributed by atoms with Crippen molar-refractivity contribution in [3.05, 3.63) is 191 Å². The molecule has 0 saturated heterocycles. The fourth-order valence-electron chi connectivity index (χ4n) is 10.2. The number of pyridine rings is 3. The molecule has 0 radical (unpaired) electrons. The molecule has 31 nitrogen and oxygen atoms in total. The van der Waals surface area contributed by atoms with Gasteiger partial charge in [0, 0.05) is 95.6 Å². The van der Waals surface area contributed by atoms with Gasteiger partial charge in [-0.25, -0.2) is 14.4 Å². The van der Waals surface area contributed by atoms with E-state index in [2.05, 4.69) is 47.9 Å². The molecule has 3 aromatic heterocycles. The standard InChI is InChI=1S/C75H99N13O18/c1-49-40-55(61(101-46-52-22-16-13-17-23-52)67(95)86(49)43-58(89)76-28-31-82-70(98)104-73(4,5)6)64(92)79-34-37-85(38-35-80-65(93)56-41-50(2)87(68(96)62(56)102-47-53-24-18-14-19-25-53)44-59(90)77-29-32-83-71(99)105-74(7,8)9)39-36-81-66(94)57-42-51(3)88(69(97)63(57)103-48-54-26-20-15-21-27-54)45-60(91)78-30-33-84-72(100)106-75(10,11)12/h13-27,40-42H,28-39,43-48H2,1-12H3,(H,76,89)(H,77,90)(H,78,91)(H,79,92)(H,80,93)(H,81,94)(H,82,98)(H,83,99)(H,84,100). The van der Waals surface area contributed by atoms with Crippen LogP contribution in [0.4, 0.5) is 14.4 Å². The van der Waals surface area contributed by atoms with Crippen molar-refractivity contribution >= 4 is 53.7 Å². The Balaban J connectivity index is 1.25. The van der Waals surface area contributed by atoms with Crippen molar-refractivity contribution in [1.82, 2.24) is 66.5 Å². The predicted octanol–water partition coefficient (Wildman–Crippen LogP) is 4.65. The lowest BCUT2D eigenvalue weighted by atomic mass is 10.1. The van der Waals surface area contributed by atoms with E-state index in [4.69, 9.17) is 28.4 Å². The number of alkyl carbamates (subject to hydrolysis) is 3. The third-order valence-electron chi connectivity index (χ3n) is 15.2. The highest BCUT2D eigenvalue weighted by molar-refractivity contribution is 5.98. The Bertz CT molecular complexity index is 3790. The van der Waals surface area contributed by atoms with Crippen molar-refractivity contribution in [3.8, 4) is 17.2 Å². The van der Waals surface area contributed by atoms with E-state index in [1.807, 2.05) is 0 Å². The molecule has 0 aliphatic heterocycles. The van der Waals surface area contributed by atoms with Crippen molar-refractivity contribution in [2.75, 3.05) is 78.5 Å². The fourth-order valence-corrected chi connectivity index (χ4v) is 10.2. The van der Waals surface area contributed by atoms with Gasteiger partial charge in [-0.2, -0.15) is 0 Å². The number of benzene rings is 3. The molecule has 0 spiro atoms. The van der Waals surface area contributed by atoms with Gasteiger partial charge in [-0.05, 0) is 118 Å². The highest BCUT2D eigenvalue weighted by Crippen LogP contribution is 2.22. The molecule has 3 aromatic carbocycles. The van der Waals surface area contributed by atoms with Gasteiger partial charge in [-0.3, -0.25) is 48.1 Å². The summed E-state index contributed by atoms with van der Waals surface area (Å²) in [6.07, 6.45) is -2.02. The summed E-state index contributed by atoms with van der Waals surface area (Å²) in [4.78, 5) is 165. The number of carbonyl (C=O) groups is 9. The zero-order valence-electron chi connectivity index (χ0n) is 62.3. The Kier molecular flexibility index (Phi) is 31.5. The Morgan fingerprint density at radius 3 is 0.811 bits per heavy atom. The van der Waals surface area contributed by atoms with Crippen molar-refractivity contribution in [2.45, 2.75) is 139 Å².